The third kappa shape index (κ3) is 4.28. The molecule has 0 atom stereocenters. The van der Waals surface area contributed by atoms with Crippen molar-refractivity contribution in [2.24, 2.45) is 0 Å². The van der Waals surface area contributed by atoms with Gasteiger partial charge in [-0.3, -0.25) is 14.0 Å². The molecule has 176 valence electrons. The van der Waals surface area contributed by atoms with Gasteiger partial charge in [0.25, 0.3) is 5.56 Å². The molecule has 2 heterocycles. The van der Waals surface area contributed by atoms with E-state index in [4.69, 9.17) is 0 Å². The molecule has 0 radical (unpaired) electrons. The number of para-hydroxylation sites is 1. The number of rotatable bonds is 5. The van der Waals surface area contributed by atoms with Gasteiger partial charge in [-0.25, -0.2) is 13.3 Å². The van der Waals surface area contributed by atoms with Gasteiger partial charge in [0.15, 0.2) is 5.16 Å². The van der Waals surface area contributed by atoms with E-state index in [1.165, 1.54) is 4.57 Å². The topological polar surface area (TPSA) is 81.3 Å². The van der Waals surface area contributed by atoms with Crippen molar-refractivity contribution in [3.8, 4) is 5.69 Å². The minimum atomic E-state index is -0.785. The Bertz CT molecular complexity index is 1660. The summed E-state index contributed by atoms with van der Waals surface area (Å²) in [7, 11) is 0. The van der Waals surface area contributed by atoms with Crippen molar-refractivity contribution >= 4 is 40.0 Å². The second-order valence-electron chi connectivity index (χ2n) is 8.06. The van der Waals surface area contributed by atoms with Crippen LogP contribution in [0.5, 0.6) is 0 Å². The van der Waals surface area contributed by atoms with Crippen molar-refractivity contribution in [3.05, 3.63) is 93.8 Å². The van der Waals surface area contributed by atoms with Crippen molar-refractivity contribution in [1.29, 1.82) is 0 Å². The molecule has 0 unspecified atom stereocenters. The number of hydrogen-bond donors (Lipinski definition) is 1. The van der Waals surface area contributed by atoms with Crippen LogP contribution in [-0.2, 0) is 4.79 Å². The number of carbonyl (C=O) groups excluding carboxylic acids is 1. The van der Waals surface area contributed by atoms with E-state index in [-0.39, 0.29) is 17.0 Å². The summed E-state index contributed by atoms with van der Waals surface area (Å²) in [5.74, 6) is -1.81. The first-order valence-electron chi connectivity index (χ1n) is 10.7. The van der Waals surface area contributed by atoms with E-state index >= 15 is 0 Å². The fourth-order valence-electron chi connectivity index (χ4n) is 4.00. The SMILES string of the molecule is Cc1ccc(-n2c(=O)c3ccccc3n3c(SCC(=O)Nc4cc(F)cc(F)c4)nnc23)c(C)c1. The summed E-state index contributed by atoms with van der Waals surface area (Å²) in [5.41, 5.74) is 3.06. The molecule has 0 spiro atoms. The first-order valence-corrected chi connectivity index (χ1v) is 11.7. The van der Waals surface area contributed by atoms with E-state index in [2.05, 4.69) is 15.5 Å². The number of aryl methyl sites for hydroxylation is 2. The maximum Gasteiger partial charge on any atom is 0.267 e. The second-order valence-corrected chi connectivity index (χ2v) is 9.00. The Kier molecular flexibility index (Phi) is 5.81. The number of hydrogen-bond acceptors (Lipinski definition) is 5. The lowest BCUT2D eigenvalue weighted by Crippen LogP contribution is -2.22. The Morgan fingerprint density at radius 1 is 1.00 bits per heavy atom. The van der Waals surface area contributed by atoms with Crippen LogP contribution in [-0.4, -0.2) is 30.8 Å². The largest absolute Gasteiger partial charge is 0.325 e. The van der Waals surface area contributed by atoms with Crippen LogP contribution in [0, 0.1) is 25.5 Å². The highest BCUT2D eigenvalue weighted by atomic mass is 32.2. The lowest BCUT2D eigenvalue weighted by atomic mass is 10.1. The van der Waals surface area contributed by atoms with Crippen LogP contribution >= 0.6 is 11.8 Å². The molecular weight excluding hydrogens is 472 g/mol. The van der Waals surface area contributed by atoms with Crippen LogP contribution < -0.4 is 10.9 Å². The van der Waals surface area contributed by atoms with Gasteiger partial charge in [-0.1, -0.05) is 41.6 Å². The zero-order valence-corrected chi connectivity index (χ0v) is 19.6. The number of anilines is 1. The van der Waals surface area contributed by atoms with Crippen molar-refractivity contribution in [2.45, 2.75) is 19.0 Å². The van der Waals surface area contributed by atoms with Gasteiger partial charge >= 0.3 is 0 Å². The molecule has 2 aromatic heterocycles. The molecule has 0 aliphatic heterocycles. The van der Waals surface area contributed by atoms with E-state index in [9.17, 15) is 18.4 Å². The normalized spacial score (nSPS) is 11.3. The maximum absolute atomic E-state index is 13.5. The minimum absolute atomic E-state index is 0.0216. The highest BCUT2D eigenvalue weighted by Crippen LogP contribution is 2.25. The number of amides is 1. The number of fused-ring (bicyclic) bond motifs is 3. The Hall–Kier alpha value is -4.05. The van der Waals surface area contributed by atoms with Crippen LogP contribution in [0.3, 0.4) is 0 Å². The Labute approximate surface area is 202 Å². The molecule has 35 heavy (non-hydrogen) atoms. The summed E-state index contributed by atoms with van der Waals surface area (Å²) in [6, 6.07) is 15.7. The third-order valence-electron chi connectivity index (χ3n) is 5.47. The first-order chi connectivity index (χ1) is 16.8. The number of aromatic nitrogens is 4. The molecule has 10 heteroatoms. The van der Waals surface area contributed by atoms with Gasteiger partial charge in [-0.2, -0.15) is 0 Å². The van der Waals surface area contributed by atoms with Gasteiger partial charge in [0, 0.05) is 11.8 Å². The van der Waals surface area contributed by atoms with Crippen LogP contribution in [0.4, 0.5) is 14.5 Å². The van der Waals surface area contributed by atoms with Gasteiger partial charge in [-0.05, 0) is 49.7 Å². The van der Waals surface area contributed by atoms with Gasteiger partial charge in [0.1, 0.15) is 11.6 Å². The maximum atomic E-state index is 13.5. The summed E-state index contributed by atoms with van der Waals surface area (Å²) in [4.78, 5) is 25.9. The molecule has 0 aliphatic carbocycles. The van der Waals surface area contributed by atoms with E-state index < -0.39 is 17.5 Å². The highest BCUT2D eigenvalue weighted by Gasteiger charge is 2.19. The predicted molar refractivity (Wildman–Crippen MR) is 131 cm³/mol. The lowest BCUT2D eigenvalue weighted by molar-refractivity contribution is -0.113. The monoisotopic (exact) mass is 491 g/mol. The van der Waals surface area contributed by atoms with E-state index in [0.717, 1.165) is 41.1 Å². The first kappa shape index (κ1) is 22.7. The molecule has 5 aromatic rings. The molecule has 0 fully saturated rings. The standard InChI is InChI=1S/C25H19F2N5O2S/c1-14-7-8-20(15(2)9-14)31-23(34)19-5-3-4-6-21(19)32-24(31)29-30-25(32)35-13-22(33)28-18-11-16(26)10-17(27)12-18/h3-12H,13H2,1-2H3,(H,28,33). The van der Waals surface area contributed by atoms with Crippen LogP contribution in [0.1, 0.15) is 11.1 Å². The zero-order chi connectivity index (χ0) is 24.7. The molecule has 5 rings (SSSR count). The fourth-order valence-corrected chi connectivity index (χ4v) is 4.74. The van der Waals surface area contributed by atoms with Gasteiger partial charge in [0.2, 0.25) is 11.7 Å². The summed E-state index contributed by atoms with van der Waals surface area (Å²) >= 11 is 1.10. The van der Waals surface area contributed by atoms with Crippen molar-refractivity contribution in [1.82, 2.24) is 19.2 Å². The van der Waals surface area contributed by atoms with Gasteiger partial charge in [-0.15, -0.1) is 10.2 Å². The minimum Gasteiger partial charge on any atom is -0.325 e. The highest BCUT2D eigenvalue weighted by molar-refractivity contribution is 7.99. The number of thioether (sulfide) groups is 1. The van der Waals surface area contributed by atoms with E-state index in [1.807, 2.05) is 38.1 Å². The Morgan fingerprint density at radius 2 is 1.74 bits per heavy atom. The van der Waals surface area contributed by atoms with Crippen molar-refractivity contribution < 1.29 is 13.6 Å². The summed E-state index contributed by atoms with van der Waals surface area (Å²) < 4.78 is 30.1. The molecular formula is C25H19F2N5O2S. The average molecular weight is 492 g/mol. The number of nitrogens with zero attached hydrogens (tertiary/aromatic N) is 4. The number of nitrogens with one attached hydrogen (secondary N) is 1. The number of benzene rings is 3. The Morgan fingerprint density at radius 3 is 2.49 bits per heavy atom. The summed E-state index contributed by atoms with van der Waals surface area (Å²) in [6.45, 7) is 3.90. The zero-order valence-electron chi connectivity index (χ0n) is 18.8. The lowest BCUT2D eigenvalue weighted by Gasteiger charge is -2.13. The smallest absolute Gasteiger partial charge is 0.267 e. The molecule has 3 aromatic carbocycles. The molecule has 7 nitrogen and oxygen atoms in total. The van der Waals surface area contributed by atoms with Crippen LogP contribution in [0.15, 0.2) is 70.6 Å². The quantitative estimate of drug-likeness (QED) is 0.362. The van der Waals surface area contributed by atoms with Gasteiger partial charge in [0.05, 0.1) is 22.3 Å². The Balaban J connectivity index is 1.56. The molecule has 0 saturated carbocycles. The molecule has 0 bridgehead atoms. The van der Waals surface area contributed by atoms with Crippen LogP contribution in [0.2, 0.25) is 0 Å². The van der Waals surface area contributed by atoms with Gasteiger partial charge < -0.3 is 5.32 Å². The van der Waals surface area contributed by atoms with E-state index in [0.29, 0.717) is 27.5 Å². The predicted octanol–water partition coefficient (Wildman–Crippen LogP) is 4.66. The number of halogens is 2. The molecule has 0 aliphatic rings. The summed E-state index contributed by atoms with van der Waals surface area (Å²) in [6.07, 6.45) is 0. The third-order valence-corrected chi connectivity index (χ3v) is 6.40. The van der Waals surface area contributed by atoms with E-state index in [1.54, 1.807) is 22.6 Å². The molecule has 1 amide bonds. The second kappa shape index (κ2) is 8.95. The number of carbonyl (C=O) groups is 1. The van der Waals surface area contributed by atoms with Crippen molar-refractivity contribution in [2.75, 3.05) is 11.1 Å². The van der Waals surface area contributed by atoms with Crippen molar-refractivity contribution in [3.63, 3.8) is 0 Å². The average Bonchev–Trinajstić information content (AvgIpc) is 3.22. The molecule has 0 saturated heterocycles. The summed E-state index contributed by atoms with van der Waals surface area (Å²) in [5, 5.41) is 11.9. The molecule has 1 N–H and O–H groups in total. The fraction of sp³-hybridized carbons (Fsp3) is 0.120. The van der Waals surface area contributed by atoms with Crippen LogP contribution in [0.25, 0.3) is 22.4 Å².